The number of thiocarbonyl (C=S) groups is 1. The molecule has 5 rings (SSSR count). The van der Waals surface area contributed by atoms with Crippen LogP contribution < -0.4 is 14.5 Å². The standard InChI is InChI=1S/C31H28N2O2S2/c1-3-32(4-2)25-18-17-24(28(20-25)35-21-22-11-6-5-7-12-22)19-29-30(34)33(31(36)37-29)27-16-10-14-23-13-8-9-15-26(23)27/h5-20H,3-4,21H2,1-2H3/b29-19-. The van der Waals surface area contributed by atoms with Crippen LogP contribution >= 0.6 is 24.0 Å². The number of anilines is 2. The van der Waals surface area contributed by atoms with Gasteiger partial charge in [0.1, 0.15) is 12.4 Å². The molecule has 37 heavy (non-hydrogen) atoms. The summed E-state index contributed by atoms with van der Waals surface area (Å²) in [5.41, 5.74) is 3.84. The smallest absolute Gasteiger partial charge is 0.270 e. The van der Waals surface area contributed by atoms with E-state index in [4.69, 9.17) is 17.0 Å². The second-order valence-corrected chi connectivity index (χ2v) is 10.4. The third-order valence-electron chi connectivity index (χ3n) is 6.45. The van der Waals surface area contributed by atoms with Crippen LogP contribution in [-0.2, 0) is 11.4 Å². The number of fused-ring (bicyclic) bond motifs is 1. The Bertz CT molecular complexity index is 1470. The molecule has 0 atom stereocenters. The summed E-state index contributed by atoms with van der Waals surface area (Å²) in [6.45, 7) is 6.52. The zero-order chi connectivity index (χ0) is 25.8. The van der Waals surface area contributed by atoms with Crippen molar-refractivity contribution in [1.29, 1.82) is 0 Å². The number of rotatable bonds is 8. The second-order valence-electron chi connectivity index (χ2n) is 8.68. The van der Waals surface area contributed by atoms with Gasteiger partial charge < -0.3 is 9.64 Å². The summed E-state index contributed by atoms with van der Waals surface area (Å²) in [5, 5.41) is 2.07. The molecule has 4 nitrogen and oxygen atoms in total. The minimum Gasteiger partial charge on any atom is -0.488 e. The van der Waals surface area contributed by atoms with E-state index < -0.39 is 0 Å². The predicted octanol–water partition coefficient (Wildman–Crippen LogP) is 7.67. The molecule has 186 valence electrons. The maximum atomic E-state index is 13.6. The fourth-order valence-electron chi connectivity index (χ4n) is 4.51. The zero-order valence-corrected chi connectivity index (χ0v) is 22.5. The van der Waals surface area contributed by atoms with Crippen LogP contribution in [0.1, 0.15) is 25.0 Å². The van der Waals surface area contributed by atoms with Gasteiger partial charge in [-0.2, -0.15) is 0 Å². The van der Waals surface area contributed by atoms with Crippen molar-refractivity contribution in [1.82, 2.24) is 0 Å². The molecule has 1 aliphatic heterocycles. The van der Waals surface area contributed by atoms with E-state index in [2.05, 4.69) is 30.9 Å². The average Bonchev–Trinajstić information content (AvgIpc) is 3.21. The SMILES string of the molecule is CCN(CC)c1ccc(/C=C2\SC(=S)N(c3cccc4ccccc34)C2=O)c(OCc2ccccc2)c1. The summed E-state index contributed by atoms with van der Waals surface area (Å²) in [5.74, 6) is 0.622. The third-order valence-corrected chi connectivity index (χ3v) is 7.75. The lowest BCUT2D eigenvalue weighted by Crippen LogP contribution is -2.27. The van der Waals surface area contributed by atoms with Gasteiger partial charge >= 0.3 is 0 Å². The van der Waals surface area contributed by atoms with Gasteiger partial charge in [0.25, 0.3) is 5.91 Å². The van der Waals surface area contributed by atoms with Crippen LogP contribution in [0.25, 0.3) is 16.8 Å². The lowest BCUT2D eigenvalue weighted by atomic mass is 10.1. The van der Waals surface area contributed by atoms with Gasteiger partial charge in [0.15, 0.2) is 4.32 Å². The van der Waals surface area contributed by atoms with Gasteiger partial charge in [-0.1, -0.05) is 90.7 Å². The first-order valence-corrected chi connectivity index (χ1v) is 13.6. The largest absolute Gasteiger partial charge is 0.488 e. The molecule has 0 radical (unpaired) electrons. The molecule has 0 bridgehead atoms. The van der Waals surface area contributed by atoms with Crippen LogP contribution in [0.4, 0.5) is 11.4 Å². The Balaban J connectivity index is 1.50. The molecule has 0 N–H and O–H groups in total. The highest BCUT2D eigenvalue weighted by molar-refractivity contribution is 8.27. The quantitative estimate of drug-likeness (QED) is 0.174. The molecule has 1 aliphatic rings. The molecule has 6 heteroatoms. The van der Waals surface area contributed by atoms with E-state index in [-0.39, 0.29) is 5.91 Å². The number of thioether (sulfide) groups is 1. The van der Waals surface area contributed by atoms with Gasteiger partial charge in [-0.05, 0) is 49.1 Å². The molecule has 1 amide bonds. The second kappa shape index (κ2) is 11.2. The van der Waals surface area contributed by atoms with Crippen molar-refractivity contribution in [3.05, 3.63) is 107 Å². The van der Waals surface area contributed by atoms with E-state index in [1.165, 1.54) is 11.8 Å². The molecule has 0 spiro atoms. The van der Waals surface area contributed by atoms with E-state index in [1.54, 1.807) is 4.90 Å². The fraction of sp³-hybridized carbons (Fsp3) is 0.161. The normalized spacial score (nSPS) is 14.5. The summed E-state index contributed by atoms with van der Waals surface area (Å²) in [6, 6.07) is 30.3. The Labute approximate surface area is 227 Å². The first-order chi connectivity index (χ1) is 18.1. The van der Waals surface area contributed by atoms with Crippen LogP contribution in [0.3, 0.4) is 0 Å². The van der Waals surface area contributed by atoms with Gasteiger partial charge in [-0.15, -0.1) is 0 Å². The number of hydrogen-bond acceptors (Lipinski definition) is 5. The maximum Gasteiger partial charge on any atom is 0.270 e. The van der Waals surface area contributed by atoms with Gasteiger partial charge in [-0.25, -0.2) is 0 Å². The molecule has 1 heterocycles. The van der Waals surface area contributed by atoms with Crippen molar-refractivity contribution < 1.29 is 9.53 Å². The summed E-state index contributed by atoms with van der Waals surface area (Å²) in [7, 11) is 0. The first kappa shape index (κ1) is 25.1. The molecular weight excluding hydrogens is 496 g/mol. The molecular formula is C31H28N2O2S2. The number of carbonyl (C=O) groups excluding carboxylic acids is 1. The summed E-state index contributed by atoms with van der Waals surface area (Å²) < 4.78 is 6.83. The minimum atomic E-state index is -0.117. The van der Waals surface area contributed by atoms with Crippen molar-refractivity contribution >= 4 is 62.4 Å². The number of nitrogens with zero attached hydrogens (tertiary/aromatic N) is 2. The van der Waals surface area contributed by atoms with Crippen molar-refractivity contribution in [3.63, 3.8) is 0 Å². The summed E-state index contributed by atoms with van der Waals surface area (Å²) in [4.78, 5) is 18.1. The Morgan fingerprint density at radius 2 is 1.65 bits per heavy atom. The number of hydrogen-bond donors (Lipinski definition) is 0. The molecule has 1 fully saturated rings. The molecule has 0 aromatic heterocycles. The van der Waals surface area contributed by atoms with Crippen LogP contribution in [0.5, 0.6) is 5.75 Å². The predicted molar refractivity (Wildman–Crippen MR) is 160 cm³/mol. The summed E-state index contributed by atoms with van der Waals surface area (Å²) >= 11 is 7.01. The van der Waals surface area contributed by atoms with Gasteiger partial charge in [-0.3, -0.25) is 9.69 Å². The van der Waals surface area contributed by atoms with Crippen molar-refractivity contribution in [2.24, 2.45) is 0 Å². The van der Waals surface area contributed by atoms with E-state index in [1.807, 2.05) is 84.9 Å². The zero-order valence-electron chi connectivity index (χ0n) is 20.9. The summed E-state index contributed by atoms with van der Waals surface area (Å²) in [6.07, 6.45) is 1.90. The molecule has 0 saturated carbocycles. The average molecular weight is 525 g/mol. The van der Waals surface area contributed by atoms with E-state index >= 15 is 0 Å². The number of amides is 1. The Morgan fingerprint density at radius 3 is 2.43 bits per heavy atom. The minimum absolute atomic E-state index is 0.117. The molecule has 4 aromatic rings. The Hall–Kier alpha value is -3.61. The van der Waals surface area contributed by atoms with E-state index in [0.29, 0.717) is 15.8 Å². The van der Waals surface area contributed by atoms with Gasteiger partial charge in [0.2, 0.25) is 0 Å². The highest BCUT2D eigenvalue weighted by atomic mass is 32.2. The topological polar surface area (TPSA) is 32.8 Å². The highest BCUT2D eigenvalue weighted by Crippen LogP contribution is 2.40. The van der Waals surface area contributed by atoms with Crippen LogP contribution in [0, 0.1) is 0 Å². The maximum absolute atomic E-state index is 13.6. The van der Waals surface area contributed by atoms with Crippen molar-refractivity contribution in [2.45, 2.75) is 20.5 Å². The lowest BCUT2D eigenvalue weighted by Gasteiger charge is -2.22. The Morgan fingerprint density at radius 1 is 0.919 bits per heavy atom. The number of ether oxygens (including phenoxy) is 1. The van der Waals surface area contributed by atoms with Crippen LogP contribution in [-0.4, -0.2) is 23.3 Å². The third kappa shape index (κ3) is 5.26. The van der Waals surface area contributed by atoms with Crippen molar-refractivity contribution in [2.75, 3.05) is 22.9 Å². The van der Waals surface area contributed by atoms with Crippen LogP contribution in [0.15, 0.2) is 95.9 Å². The van der Waals surface area contributed by atoms with E-state index in [0.717, 1.165) is 52.1 Å². The highest BCUT2D eigenvalue weighted by Gasteiger charge is 2.34. The number of carbonyl (C=O) groups is 1. The number of benzene rings is 4. The monoisotopic (exact) mass is 524 g/mol. The Kier molecular flexibility index (Phi) is 7.58. The van der Waals surface area contributed by atoms with Crippen molar-refractivity contribution in [3.8, 4) is 5.75 Å². The lowest BCUT2D eigenvalue weighted by molar-refractivity contribution is -0.113. The van der Waals surface area contributed by atoms with Crippen LogP contribution in [0.2, 0.25) is 0 Å². The molecule has 0 aliphatic carbocycles. The van der Waals surface area contributed by atoms with Gasteiger partial charge in [0, 0.05) is 35.8 Å². The van der Waals surface area contributed by atoms with E-state index in [9.17, 15) is 4.79 Å². The fourth-order valence-corrected chi connectivity index (χ4v) is 5.78. The van der Waals surface area contributed by atoms with Gasteiger partial charge in [0.05, 0.1) is 10.6 Å². The first-order valence-electron chi connectivity index (χ1n) is 12.4. The molecule has 0 unspecified atom stereocenters. The molecule has 1 saturated heterocycles. The molecule has 4 aromatic carbocycles.